The maximum Gasteiger partial charge on any atom is 0.416 e. The number of halogens is 5. The molecule has 242 valence electrons. The Labute approximate surface area is 272 Å². The van der Waals surface area contributed by atoms with E-state index >= 15 is 0 Å². The fraction of sp³-hybridized carbons (Fsp3) is 0.323. The summed E-state index contributed by atoms with van der Waals surface area (Å²) in [5.74, 6) is -0.493. The topological polar surface area (TPSA) is 105 Å². The molecule has 2 aromatic heterocycles. The summed E-state index contributed by atoms with van der Waals surface area (Å²) in [7, 11) is 4.69. The zero-order valence-corrected chi connectivity index (χ0v) is 27.0. The maximum atomic E-state index is 14.3. The maximum absolute atomic E-state index is 14.3. The van der Waals surface area contributed by atoms with Crippen LogP contribution in [-0.2, 0) is 26.2 Å². The van der Waals surface area contributed by atoms with Crippen molar-refractivity contribution in [3.05, 3.63) is 103 Å². The van der Waals surface area contributed by atoms with Gasteiger partial charge in [-0.2, -0.15) is 18.3 Å². The second-order valence-electron chi connectivity index (χ2n) is 11.1. The molecular formula is C31H30Cl2F3N7O3. The summed E-state index contributed by atoms with van der Waals surface area (Å²) in [6, 6.07) is 9.83. The van der Waals surface area contributed by atoms with E-state index in [4.69, 9.17) is 28.2 Å². The summed E-state index contributed by atoms with van der Waals surface area (Å²) >= 11 is 12.2. The van der Waals surface area contributed by atoms with Gasteiger partial charge in [0, 0.05) is 44.4 Å². The minimum absolute atomic E-state index is 0.00681. The molecule has 15 heteroatoms. The first-order valence-electron chi connectivity index (χ1n) is 14.2. The van der Waals surface area contributed by atoms with Crippen LogP contribution < -0.4 is 15.8 Å². The zero-order chi connectivity index (χ0) is 33.7. The van der Waals surface area contributed by atoms with Crippen molar-refractivity contribution in [2.24, 2.45) is 7.05 Å². The van der Waals surface area contributed by atoms with Gasteiger partial charge in [0.1, 0.15) is 5.69 Å². The number of nitrogens with one attached hydrogen (secondary N) is 1. The average molecular weight is 677 g/mol. The van der Waals surface area contributed by atoms with E-state index in [2.05, 4.69) is 10.4 Å². The van der Waals surface area contributed by atoms with E-state index in [1.54, 1.807) is 36.9 Å². The van der Waals surface area contributed by atoms with E-state index in [0.717, 1.165) is 12.1 Å². The van der Waals surface area contributed by atoms with Gasteiger partial charge in [0.05, 0.1) is 33.9 Å². The molecule has 0 bridgehead atoms. The van der Waals surface area contributed by atoms with Gasteiger partial charge in [0.2, 0.25) is 5.95 Å². The number of hydrogen-bond acceptors (Lipinski definition) is 6. The Balaban J connectivity index is 1.62. The van der Waals surface area contributed by atoms with Crippen LogP contribution in [0.5, 0.6) is 0 Å². The SMILES string of the molecule is CNC(=O)c1cc(-n2c(N(C)[C@@H](C)c3ccc(C(F)(F)F)cc3)nc3c(c2=O)C[C@@H](C)N(C(=O)c2ccc(Cl)c(Cl)c2)C3)nn1C. The molecule has 0 spiro atoms. The number of anilines is 1. The standard InChI is InChI=1S/C31H30Cl2F3N7O3/c1-16-12-21-24(15-42(16)28(45)19-8-11-22(32)23(33)13-19)38-30(40(4)17(2)18-6-9-20(10-7-18)31(34,35)36)43(29(21)46)26-14-25(27(44)37-3)41(5)39-26/h6-11,13-14,16-17H,12,15H2,1-5H3,(H,37,44)/t16-,17+/m1/s1. The van der Waals surface area contributed by atoms with Crippen LogP contribution in [-0.4, -0.2) is 56.2 Å². The van der Waals surface area contributed by atoms with Crippen LogP contribution in [0.4, 0.5) is 19.1 Å². The summed E-state index contributed by atoms with van der Waals surface area (Å²) in [5, 5.41) is 7.50. The number of fused-ring (bicyclic) bond motifs is 1. The van der Waals surface area contributed by atoms with E-state index < -0.39 is 35.3 Å². The van der Waals surface area contributed by atoms with Gasteiger partial charge >= 0.3 is 6.18 Å². The number of amides is 2. The molecule has 10 nitrogen and oxygen atoms in total. The quantitative estimate of drug-likeness (QED) is 0.292. The summed E-state index contributed by atoms with van der Waals surface area (Å²) in [6.07, 6.45) is -4.31. The Hall–Kier alpha value is -4.36. The molecule has 2 aromatic carbocycles. The molecule has 1 aliphatic rings. The minimum atomic E-state index is -4.49. The predicted octanol–water partition coefficient (Wildman–Crippen LogP) is 5.44. The number of benzene rings is 2. The number of nitrogens with zero attached hydrogens (tertiary/aromatic N) is 6. The number of aryl methyl sites for hydroxylation is 1. The lowest BCUT2D eigenvalue weighted by Gasteiger charge is -2.36. The molecule has 1 aliphatic heterocycles. The smallest absolute Gasteiger partial charge is 0.354 e. The van der Waals surface area contributed by atoms with E-state index in [-0.39, 0.29) is 41.4 Å². The molecule has 0 radical (unpaired) electrons. The van der Waals surface area contributed by atoms with Gasteiger partial charge in [0.15, 0.2) is 5.82 Å². The summed E-state index contributed by atoms with van der Waals surface area (Å²) in [5.41, 5.74) is 0.548. The Morgan fingerprint density at radius 1 is 1.09 bits per heavy atom. The normalized spacial score (nSPS) is 15.3. The lowest BCUT2D eigenvalue weighted by molar-refractivity contribution is -0.137. The molecule has 0 saturated heterocycles. The third-order valence-corrected chi connectivity index (χ3v) is 8.94. The van der Waals surface area contributed by atoms with Crippen molar-refractivity contribution in [3.8, 4) is 5.82 Å². The number of carbonyl (C=O) groups excluding carboxylic acids is 2. The Kier molecular flexibility index (Phi) is 8.93. The number of carbonyl (C=O) groups is 2. The minimum Gasteiger partial charge on any atom is -0.354 e. The molecule has 5 rings (SSSR count). The molecule has 1 N–H and O–H groups in total. The van der Waals surface area contributed by atoms with Gasteiger partial charge in [-0.15, -0.1) is 0 Å². The highest BCUT2D eigenvalue weighted by molar-refractivity contribution is 6.42. The summed E-state index contributed by atoms with van der Waals surface area (Å²) in [6.45, 7) is 3.58. The van der Waals surface area contributed by atoms with Gasteiger partial charge in [-0.05, 0) is 56.2 Å². The molecule has 0 aliphatic carbocycles. The third kappa shape index (κ3) is 6.08. The molecule has 2 amide bonds. The highest BCUT2D eigenvalue weighted by atomic mass is 35.5. The summed E-state index contributed by atoms with van der Waals surface area (Å²) in [4.78, 5) is 48.4. The largest absolute Gasteiger partial charge is 0.416 e. The molecule has 0 fully saturated rings. The van der Waals surface area contributed by atoms with Crippen molar-refractivity contribution in [3.63, 3.8) is 0 Å². The van der Waals surface area contributed by atoms with Crippen molar-refractivity contribution in [2.75, 3.05) is 19.0 Å². The lowest BCUT2D eigenvalue weighted by Crippen LogP contribution is -2.46. The molecule has 46 heavy (non-hydrogen) atoms. The Morgan fingerprint density at radius 3 is 2.37 bits per heavy atom. The van der Waals surface area contributed by atoms with Crippen LogP contribution in [0.2, 0.25) is 10.0 Å². The first-order valence-corrected chi connectivity index (χ1v) is 14.9. The first kappa shape index (κ1) is 33.0. The van der Waals surface area contributed by atoms with E-state index in [9.17, 15) is 27.6 Å². The van der Waals surface area contributed by atoms with Gasteiger partial charge in [-0.25, -0.2) is 9.55 Å². The third-order valence-electron chi connectivity index (χ3n) is 8.20. The molecular weight excluding hydrogens is 646 g/mol. The van der Waals surface area contributed by atoms with E-state index in [1.807, 2.05) is 6.92 Å². The molecule has 0 unspecified atom stereocenters. The Bertz CT molecular complexity index is 1890. The van der Waals surface area contributed by atoms with Crippen molar-refractivity contribution < 1.29 is 22.8 Å². The van der Waals surface area contributed by atoms with Gasteiger partial charge < -0.3 is 15.1 Å². The fourth-order valence-corrected chi connectivity index (χ4v) is 5.70. The number of rotatable bonds is 6. The van der Waals surface area contributed by atoms with Crippen LogP contribution in [0.25, 0.3) is 5.82 Å². The van der Waals surface area contributed by atoms with Gasteiger partial charge in [0.25, 0.3) is 17.4 Å². The van der Waals surface area contributed by atoms with Crippen molar-refractivity contribution in [1.82, 2.24) is 29.5 Å². The Morgan fingerprint density at radius 2 is 1.76 bits per heavy atom. The summed E-state index contributed by atoms with van der Waals surface area (Å²) < 4.78 is 42.3. The number of hydrogen-bond donors (Lipinski definition) is 1. The number of aromatic nitrogens is 4. The van der Waals surface area contributed by atoms with Crippen LogP contribution in [0.1, 0.15) is 63.1 Å². The highest BCUT2D eigenvalue weighted by Gasteiger charge is 2.34. The predicted molar refractivity (Wildman–Crippen MR) is 168 cm³/mol. The fourth-order valence-electron chi connectivity index (χ4n) is 5.41. The molecule has 2 atom stereocenters. The first-order chi connectivity index (χ1) is 21.6. The molecule has 4 aromatic rings. The van der Waals surface area contributed by atoms with Crippen molar-refractivity contribution in [2.45, 2.75) is 45.1 Å². The van der Waals surface area contributed by atoms with Crippen LogP contribution in [0.3, 0.4) is 0 Å². The zero-order valence-electron chi connectivity index (χ0n) is 25.5. The number of alkyl halides is 3. The van der Waals surface area contributed by atoms with Gasteiger partial charge in [-0.3, -0.25) is 19.1 Å². The van der Waals surface area contributed by atoms with Crippen LogP contribution >= 0.6 is 23.2 Å². The van der Waals surface area contributed by atoms with Crippen molar-refractivity contribution >= 4 is 41.0 Å². The van der Waals surface area contributed by atoms with Crippen LogP contribution in [0, 0.1) is 0 Å². The van der Waals surface area contributed by atoms with E-state index in [1.165, 1.54) is 46.6 Å². The lowest BCUT2D eigenvalue weighted by atomic mass is 9.98. The molecule has 3 heterocycles. The van der Waals surface area contributed by atoms with Gasteiger partial charge in [-0.1, -0.05) is 35.3 Å². The second kappa shape index (κ2) is 12.4. The van der Waals surface area contributed by atoms with Crippen molar-refractivity contribution in [1.29, 1.82) is 0 Å². The molecule has 0 saturated carbocycles. The van der Waals surface area contributed by atoms with Crippen LogP contribution in [0.15, 0.2) is 53.3 Å². The second-order valence-corrected chi connectivity index (χ2v) is 11.9. The monoisotopic (exact) mass is 675 g/mol. The average Bonchev–Trinajstić information content (AvgIpc) is 3.41. The highest BCUT2D eigenvalue weighted by Crippen LogP contribution is 2.33. The van der Waals surface area contributed by atoms with E-state index in [0.29, 0.717) is 27.4 Å².